The van der Waals surface area contributed by atoms with E-state index < -0.39 is 5.54 Å². The molecule has 1 N–H and O–H groups in total. The van der Waals surface area contributed by atoms with Gasteiger partial charge in [-0.2, -0.15) is 5.26 Å². The van der Waals surface area contributed by atoms with E-state index in [1.165, 1.54) is 25.7 Å². The Labute approximate surface area is 133 Å². The van der Waals surface area contributed by atoms with E-state index >= 15 is 0 Å². The number of piperidine rings is 1. The van der Waals surface area contributed by atoms with E-state index in [0.29, 0.717) is 17.9 Å². The molecule has 1 aliphatic heterocycles. The number of amides is 1. The Balaban J connectivity index is 1.55. The first kappa shape index (κ1) is 15.6. The Morgan fingerprint density at radius 3 is 2.91 bits per heavy atom. The average molecular weight is 301 g/mol. The fourth-order valence-electron chi connectivity index (χ4n) is 4.17. The third kappa shape index (κ3) is 3.35. The van der Waals surface area contributed by atoms with Gasteiger partial charge in [0.25, 0.3) is 0 Å². The maximum atomic E-state index is 12.4. The third-order valence-electron chi connectivity index (χ3n) is 5.69. The Morgan fingerprint density at radius 2 is 2.27 bits per heavy atom. The lowest BCUT2D eigenvalue weighted by atomic mass is 9.71. The summed E-state index contributed by atoms with van der Waals surface area (Å²) in [5.74, 6) is 0.358. The molecule has 1 saturated carbocycles. The van der Waals surface area contributed by atoms with Gasteiger partial charge in [-0.3, -0.25) is 9.69 Å². The molecule has 22 heavy (non-hydrogen) atoms. The Bertz CT molecular complexity index is 505. The molecule has 0 aromatic rings. The van der Waals surface area contributed by atoms with Gasteiger partial charge in [0.15, 0.2) is 0 Å². The summed E-state index contributed by atoms with van der Waals surface area (Å²) in [5, 5.41) is 12.4. The highest BCUT2D eigenvalue weighted by molar-refractivity contribution is 5.79. The molecule has 1 spiro atoms. The van der Waals surface area contributed by atoms with Crippen molar-refractivity contribution in [3.05, 3.63) is 12.2 Å². The van der Waals surface area contributed by atoms with E-state index in [9.17, 15) is 10.1 Å². The van der Waals surface area contributed by atoms with Crippen LogP contribution >= 0.6 is 0 Å². The van der Waals surface area contributed by atoms with E-state index in [1.807, 2.05) is 6.92 Å². The van der Waals surface area contributed by atoms with Gasteiger partial charge in [0.2, 0.25) is 5.91 Å². The summed E-state index contributed by atoms with van der Waals surface area (Å²) in [7, 11) is 0. The second-order valence-corrected chi connectivity index (χ2v) is 7.67. The normalized spacial score (nSPS) is 31.5. The van der Waals surface area contributed by atoms with Crippen molar-refractivity contribution in [3.63, 3.8) is 0 Å². The molecule has 0 aromatic carbocycles. The van der Waals surface area contributed by atoms with Crippen LogP contribution in [0.4, 0.5) is 0 Å². The third-order valence-corrected chi connectivity index (χ3v) is 5.69. The molecule has 0 bridgehead atoms. The van der Waals surface area contributed by atoms with Gasteiger partial charge < -0.3 is 5.32 Å². The molecule has 1 amide bonds. The molecule has 2 fully saturated rings. The zero-order valence-electron chi connectivity index (χ0n) is 13.6. The van der Waals surface area contributed by atoms with Crippen LogP contribution in [0.1, 0.15) is 51.9 Å². The molecule has 0 radical (unpaired) electrons. The molecular formula is C18H27N3O. The number of nitriles is 1. The topological polar surface area (TPSA) is 56.1 Å². The lowest BCUT2D eigenvalue weighted by Gasteiger charge is -2.43. The summed E-state index contributed by atoms with van der Waals surface area (Å²) in [6, 6.07) is 2.31. The van der Waals surface area contributed by atoms with Gasteiger partial charge in [-0.1, -0.05) is 12.2 Å². The van der Waals surface area contributed by atoms with Crippen molar-refractivity contribution in [3.8, 4) is 6.07 Å². The first-order valence-electron chi connectivity index (χ1n) is 8.65. The highest BCUT2D eigenvalue weighted by Gasteiger charge is 2.43. The van der Waals surface area contributed by atoms with Gasteiger partial charge in [0, 0.05) is 6.54 Å². The molecule has 3 aliphatic rings. The minimum Gasteiger partial charge on any atom is -0.337 e. The maximum Gasteiger partial charge on any atom is 0.235 e. The smallest absolute Gasteiger partial charge is 0.235 e. The summed E-state index contributed by atoms with van der Waals surface area (Å²) in [5.41, 5.74) is -0.277. The number of carbonyl (C=O) groups excluding carboxylic acids is 1. The van der Waals surface area contributed by atoms with Gasteiger partial charge in [-0.25, -0.2) is 0 Å². The van der Waals surface area contributed by atoms with Gasteiger partial charge in [0.05, 0.1) is 12.6 Å². The highest BCUT2D eigenvalue weighted by atomic mass is 16.2. The molecule has 0 unspecified atom stereocenters. The van der Waals surface area contributed by atoms with Crippen molar-refractivity contribution >= 4 is 5.91 Å². The molecule has 120 valence electrons. The maximum absolute atomic E-state index is 12.4. The van der Waals surface area contributed by atoms with Crippen LogP contribution in [0, 0.1) is 22.7 Å². The summed E-state index contributed by atoms with van der Waals surface area (Å²) in [4.78, 5) is 14.7. The van der Waals surface area contributed by atoms with Crippen LogP contribution in [0.3, 0.4) is 0 Å². The Morgan fingerprint density at radius 1 is 1.45 bits per heavy atom. The minimum absolute atomic E-state index is 0.0133. The number of carbonyl (C=O) groups is 1. The number of rotatable bonds is 4. The monoisotopic (exact) mass is 301 g/mol. The number of likely N-dealkylation sites (tertiary alicyclic amines) is 1. The van der Waals surface area contributed by atoms with Crippen LogP contribution in [0.2, 0.25) is 0 Å². The predicted molar refractivity (Wildman–Crippen MR) is 86.0 cm³/mol. The predicted octanol–water partition coefficient (Wildman–Crippen LogP) is 2.62. The van der Waals surface area contributed by atoms with Crippen molar-refractivity contribution in [1.82, 2.24) is 10.2 Å². The molecular weight excluding hydrogens is 274 g/mol. The number of nitrogens with one attached hydrogen (secondary N) is 1. The van der Waals surface area contributed by atoms with Gasteiger partial charge in [-0.15, -0.1) is 0 Å². The van der Waals surface area contributed by atoms with Crippen LogP contribution in [0.15, 0.2) is 12.2 Å². The first-order valence-corrected chi connectivity index (χ1v) is 8.65. The minimum atomic E-state index is -0.669. The molecule has 3 rings (SSSR count). The second-order valence-electron chi connectivity index (χ2n) is 7.67. The molecule has 4 heteroatoms. The van der Waals surface area contributed by atoms with Gasteiger partial charge >= 0.3 is 0 Å². The van der Waals surface area contributed by atoms with Crippen molar-refractivity contribution in [2.24, 2.45) is 11.3 Å². The van der Waals surface area contributed by atoms with Crippen molar-refractivity contribution in [1.29, 1.82) is 5.26 Å². The molecule has 1 heterocycles. The Kier molecular flexibility index (Phi) is 4.27. The SMILES string of the molecule is C[C@@](C#N)(NC(=O)CN1CCC[C@@]2(CC=CCC2)C1)C1CC1. The number of nitrogens with zero attached hydrogens (tertiary/aromatic N) is 2. The van der Waals surface area contributed by atoms with Gasteiger partial charge in [-0.05, 0) is 69.7 Å². The number of hydrogen-bond acceptors (Lipinski definition) is 3. The van der Waals surface area contributed by atoms with E-state index in [2.05, 4.69) is 28.4 Å². The van der Waals surface area contributed by atoms with Crippen LogP contribution in [0.25, 0.3) is 0 Å². The molecule has 2 aliphatic carbocycles. The zero-order chi connectivity index (χ0) is 15.6. The van der Waals surface area contributed by atoms with Crippen LogP contribution in [0.5, 0.6) is 0 Å². The first-order chi connectivity index (χ1) is 10.6. The highest BCUT2D eigenvalue weighted by Crippen LogP contribution is 2.41. The standard InChI is InChI=1S/C18H27N3O/c1-17(13-19,15-6-7-15)20-16(22)12-21-11-5-10-18(14-21)8-3-2-4-9-18/h2-3,15H,4-12,14H2,1H3,(H,20,22)/t17-,18-/m0/s1. The summed E-state index contributed by atoms with van der Waals surface area (Å²) < 4.78 is 0. The zero-order valence-corrected chi connectivity index (χ0v) is 13.6. The van der Waals surface area contributed by atoms with Crippen molar-refractivity contribution in [2.45, 2.75) is 57.4 Å². The van der Waals surface area contributed by atoms with Crippen LogP contribution < -0.4 is 5.32 Å². The molecule has 4 nitrogen and oxygen atoms in total. The summed E-state index contributed by atoms with van der Waals surface area (Å²) in [6.45, 7) is 4.34. The lowest BCUT2D eigenvalue weighted by molar-refractivity contribution is -0.124. The van der Waals surface area contributed by atoms with Crippen LogP contribution in [-0.4, -0.2) is 36.0 Å². The molecule has 2 atom stereocenters. The average Bonchev–Trinajstić information content (AvgIpc) is 3.33. The van der Waals surface area contributed by atoms with Crippen molar-refractivity contribution in [2.75, 3.05) is 19.6 Å². The quantitative estimate of drug-likeness (QED) is 0.812. The largest absolute Gasteiger partial charge is 0.337 e. The fraction of sp³-hybridized carbons (Fsp3) is 0.778. The van der Waals surface area contributed by atoms with E-state index in [0.717, 1.165) is 32.4 Å². The molecule has 0 aromatic heterocycles. The van der Waals surface area contributed by atoms with E-state index in [1.54, 1.807) is 0 Å². The van der Waals surface area contributed by atoms with Crippen molar-refractivity contribution < 1.29 is 4.79 Å². The summed E-state index contributed by atoms with van der Waals surface area (Å²) in [6.07, 6.45) is 12.8. The lowest BCUT2D eigenvalue weighted by Crippen LogP contribution is -2.52. The van der Waals surface area contributed by atoms with Crippen LogP contribution in [-0.2, 0) is 4.79 Å². The van der Waals surface area contributed by atoms with E-state index in [4.69, 9.17) is 0 Å². The van der Waals surface area contributed by atoms with E-state index in [-0.39, 0.29) is 5.91 Å². The number of allylic oxidation sites excluding steroid dienone is 2. The van der Waals surface area contributed by atoms with Gasteiger partial charge in [0.1, 0.15) is 5.54 Å². The fourth-order valence-corrected chi connectivity index (χ4v) is 4.17. The second kappa shape index (κ2) is 6.04. The Hall–Kier alpha value is -1.34. The number of hydrogen-bond donors (Lipinski definition) is 1. The summed E-state index contributed by atoms with van der Waals surface area (Å²) >= 11 is 0. The molecule has 1 saturated heterocycles.